The van der Waals surface area contributed by atoms with Crippen LogP contribution < -0.4 is 10.1 Å². The number of aryl methyl sites for hydroxylation is 1. The Labute approximate surface area is 103 Å². The highest BCUT2D eigenvalue weighted by atomic mass is 16.5. The highest BCUT2D eigenvalue weighted by molar-refractivity contribution is 5.54. The second kappa shape index (κ2) is 5.41. The van der Waals surface area contributed by atoms with Crippen molar-refractivity contribution in [2.45, 2.75) is 38.8 Å². The van der Waals surface area contributed by atoms with Crippen molar-refractivity contribution in [3.05, 3.63) is 23.8 Å². The number of benzene rings is 1. The Balaban J connectivity index is 1.93. The summed E-state index contributed by atoms with van der Waals surface area (Å²) in [7, 11) is 1.78. The highest BCUT2D eigenvalue weighted by Crippen LogP contribution is 2.29. The monoisotopic (exact) mass is 235 g/mol. The van der Waals surface area contributed by atoms with Gasteiger partial charge in [0.05, 0.1) is 12.7 Å². The molecule has 0 spiro atoms. The van der Waals surface area contributed by atoms with Crippen LogP contribution in [0.25, 0.3) is 0 Å². The third kappa shape index (κ3) is 2.91. The standard InChI is InChI=1S/C14H21NO2/c1-4-17-12-5-6-14(10(2)7-12)15-11-8-13(9-11)16-3/h5-7,11,13,15H,4,8-9H2,1-3H3. The lowest BCUT2D eigenvalue weighted by Crippen LogP contribution is -2.40. The predicted octanol–water partition coefficient (Wildman–Crippen LogP) is 2.98. The molecule has 1 N–H and O–H groups in total. The Kier molecular flexibility index (Phi) is 3.89. The zero-order valence-corrected chi connectivity index (χ0v) is 10.8. The summed E-state index contributed by atoms with van der Waals surface area (Å²) in [6.45, 7) is 4.82. The van der Waals surface area contributed by atoms with Crippen molar-refractivity contribution in [1.29, 1.82) is 0 Å². The molecule has 1 aliphatic carbocycles. The average Bonchev–Trinajstić information content (AvgIpc) is 2.25. The Morgan fingerprint density at radius 3 is 2.71 bits per heavy atom. The maximum absolute atomic E-state index is 5.47. The summed E-state index contributed by atoms with van der Waals surface area (Å²) in [5.74, 6) is 0.943. The first-order valence-electron chi connectivity index (χ1n) is 6.25. The van der Waals surface area contributed by atoms with E-state index in [1.807, 2.05) is 13.0 Å². The maximum atomic E-state index is 5.47. The molecule has 3 nitrogen and oxygen atoms in total. The maximum Gasteiger partial charge on any atom is 0.119 e. The highest BCUT2D eigenvalue weighted by Gasteiger charge is 2.28. The van der Waals surface area contributed by atoms with E-state index in [0.717, 1.165) is 18.6 Å². The van der Waals surface area contributed by atoms with Gasteiger partial charge in [-0.05, 0) is 50.5 Å². The van der Waals surface area contributed by atoms with E-state index in [9.17, 15) is 0 Å². The first-order valence-corrected chi connectivity index (χ1v) is 6.25. The van der Waals surface area contributed by atoms with Gasteiger partial charge in [-0.3, -0.25) is 0 Å². The van der Waals surface area contributed by atoms with E-state index in [1.54, 1.807) is 7.11 Å². The molecule has 0 aromatic heterocycles. The van der Waals surface area contributed by atoms with E-state index in [2.05, 4.69) is 24.4 Å². The molecular weight excluding hydrogens is 214 g/mol. The summed E-state index contributed by atoms with van der Waals surface area (Å²) in [6, 6.07) is 6.75. The van der Waals surface area contributed by atoms with Crippen LogP contribution in [0.4, 0.5) is 5.69 Å². The number of rotatable bonds is 5. The first-order chi connectivity index (χ1) is 8.22. The van der Waals surface area contributed by atoms with Crippen molar-refractivity contribution in [2.24, 2.45) is 0 Å². The van der Waals surface area contributed by atoms with Crippen LogP contribution >= 0.6 is 0 Å². The number of ether oxygens (including phenoxy) is 2. The van der Waals surface area contributed by atoms with Crippen molar-refractivity contribution in [2.75, 3.05) is 19.0 Å². The van der Waals surface area contributed by atoms with Crippen LogP contribution in [-0.4, -0.2) is 25.9 Å². The molecular formula is C14H21NO2. The molecule has 3 heteroatoms. The summed E-state index contributed by atoms with van der Waals surface area (Å²) >= 11 is 0. The van der Waals surface area contributed by atoms with Gasteiger partial charge in [-0.1, -0.05) is 0 Å². The van der Waals surface area contributed by atoms with Crippen LogP contribution in [0.15, 0.2) is 18.2 Å². The van der Waals surface area contributed by atoms with Gasteiger partial charge in [0, 0.05) is 18.8 Å². The van der Waals surface area contributed by atoms with Crippen molar-refractivity contribution < 1.29 is 9.47 Å². The molecule has 0 aliphatic heterocycles. The molecule has 17 heavy (non-hydrogen) atoms. The molecule has 0 heterocycles. The number of nitrogens with one attached hydrogen (secondary N) is 1. The van der Waals surface area contributed by atoms with Crippen LogP contribution in [0.5, 0.6) is 5.75 Å². The lowest BCUT2D eigenvalue weighted by molar-refractivity contribution is 0.0328. The largest absolute Gasteiger partial charge is 0.494 e. The molecule has 1 saturated carbocycles. The first kappa shape index (κ1) is 12.2. The van der Waals surface area contributed by atoms with Gasteiger partial charge in [0.15, 0.2) is 0 Å². The summed E-state index contributed by atoms with van der Waals surface area (Å²) < 4.78 is 10.7. The van der Waals surface area contributed by atoms with E-state index in [4.69, 9.17) is 9.47 Å². The fourth-order valence-corrected chi connectivity index (χ4v) is 2.15. The smallest absolute Gasteiger partial charge is 0.119 e. The van der Waals surface area contributed by atoms with Gasteiger partial charge in [0.1, 0.15) is 5.75 Å². The molecule has 1 fully saturated rings. The van der Waals surface area contributed by atoms with E-state index in [0.29, 0.717) is 18.8 Å². The van der Waals surface area contributed by atoms with Gasteiger partial charge in [0.25, 0.3) is 0 Å². The third-order valence-corrected chi connectivity index (χ3v) is 3.30. The second-order valence-electron chi connectivity index (χ2n) is 4.58. The fourth-order valence-electron chi connectivity index (χ4n) is 2.15. The molecule has 2 rings (SSSR count). The lowest BCUT2D eigenvalue weighted by Gasteiger charge is -2.35. The predicted molar refractivity (Wildman–Crippen MR) is 69.8 cm³/mol. The molecule has 1 aromatic rings. The van der Waals surface area contributed by atoms with Crippen LogP contribution in [0.3, 0.4) is 0 Å². The minimum absolute atomic E-state index is 0.440. The molecule has 1 aromatic carbocycles. The van der Waals surface area contributed by atoms with E-state index in [-0.39, 0.29) is 0 Å². The Bertz CT molecular complexity index is 372. The summed E-state index contributed by atoms with van der Waals surface area (Å²) in [5, 5.41) is 3.54. The quantitative estimate of drug-likeness (QED) is 0.851. The van der Waals surface area contributed by atoms with Crippen LogP contribution in [-0.2, 0) is 4.74 Å². The SMILES string of the molecule is CCOc1ccc(NC2CC(OC)C2)c(C)c1. The van der Waals surface area contributed by atoms with E-state index < -0.39 is 0 Å². The van der Waals surface area contributed by atoms with Crippen LogP contribution in [0, 0.1) is 6.92 Å². The average molecular weight is 235 g/mol. The molecule has 94 valence electrons. The molecule has 0 bridgehead atoms. The topological polar surface area (TPSA) is 30.5 Å². The molecule has 0 amide bonds. The number of hydrogen-bond acceptors (Lipinski definition) is 3. The zero-order valence-electron chi connectivity index (χ0n) is 10.8. The molecule has 0 radical (unpaired) electrons. The molecule has 0 atom stereocenters. The fraction of sp³-hybridized carbons (Fsp3) is 0.571. The van der Waals surface area contributed by atoms with Crippen molar-refractivity contribution >= 4 is 5.69 Å². The summed E-state index contributed by atoms with van der Waals surface area (Å²) in [4.78, 5) is 0. The van der Waals surface area contributed by atoms with Crippen molar-refractivity contribution in [1.82, 2.24) is 0 Å². The van der Waals surface area contributed by atoms with Gasteiger partial charge < -0.3 is 14.8 Å². The summed E-state index contributed by atoms with van der Waals surface area (Å²) in [6.07, 6.45) is 2.64. The van der Waals surface area contributed by atoms with Gasteiger partial charge in [-0.25, -0.2) is 0 Å². The van der Waals surface area contributed by atoms with Crippen molar-refractivity contribution in [3.8, 4) is 5.75 Å². The lowest BCUT2D eigenvalue weighted by atomic mass is 9.89. The Morgan fingerprint density at radius 1 is 1.35 bits per heavy atom. The van der Waals surface area contributed by atoms with Crippen LogP contribution in [0.1, 0.15) is 25.3 Å². The third-order valence-electron chi connectivity index (χ3n) is 3.30. The number of methoxy groups -OCH3 is 1. The van der Waals surface area contributed by atoms with Crippen molar-refractivity contribution in [3.63, 3.8) is 0 Å². The van der Waals surface area contributed by atoms with E-state index >= 15 is 0 Å². The van der Waals surface area contributed by atoms with Gasteiger partial charge >= 0.3 is 0 Å². The van der Waals surface area contributed by atoms with Crippen LogP contribution in [0.2, 0.25) is 0 Å². The van der Waals surface area contributed by atoms with Gasteiger partial charge in [-0.2, -0.15) is 0 Å². The number of anilines is 1. The molecule has 0 saturated heterocycles. The normalized spacial score (nSPS) is 23.0. The summed E-state index contributed by atoms with van der Waals surface area (Å²) in [5.41, 5.74) is 2.44. The second-order valence-corrected chi connectivity index (χ2v) is 4.58. The molecule has 0 unspecified atom stereocenters. The Hall–Kier alpha value is -1.22. The molecule has 1 aliphatic rings. The minimum Gasteiger partial charge on any atom is -0.494 e. The number of hydrogen-bond donors (Lipinski definition) is 1. The minimum atomic E-state index is 0.440. The van der Waals surface area contributed by atoms with Gasteiger partial charge in [0.2, 0.25) is 0 Å². The zero-order chi connectivity index (χ0) is 12.3. The van der Waals surface area contributed by atoms with Gasteiger partial charge in [-0.15, -0.1) is 0 Å². The Morgan fingerprint density at radius 2 is 2.12 bits per heavy atom. The van der Waals surface area contributed by atoms with E-state index in [1.165, 1.54) is 11.3 Å².